The van der Waals surface area contributed by atoms with Crippen LogP contribution in [-0.2, 0) is 20.6 Å². The molecule has 1 aliphatic rings. The topological polar surface area (TPSA) is 46.6 Å². The van der Waals surface area contributed by atoms with Crippen molar-refractivity contribution in [3.05, 3.63) is 29.3 Å². The predicted octanol–water partition coefficient (Wildman–Crippen LogP) is 2.50. The van der Waals surface area contributed by atoms with E-state index in [0.717, 1.165) is 16.4 Å². The minimum Gasteiger partial charge on any atom is -0.375 e. The minimum atomic E-state index is -4.15. The fourth-order valence-electron chi connectivity index (χ4n) is 2.22. The number of hydrogen-bond acceptors (Lipinski definition) is 3. The molecule has 2 rings (SSSR count). The van der Waals surface area contributed by atoms with Gasteiger partial charge in [-0.05, 0) is 31.5 Å². The van der Waals surface area contributed by atoms with Crippen molar-refractivity contribution in [2.24, 2.45) is 0 Å². The number of sulfonamides is 1. The SMILES string of the molecule is CC1CN(S(=O)(=O)c2cc(CCl)cc(F)c2F)C(C)CO1. The number of halogens is 3. The van der Waals surface area contributed by atoms with Gasteiger partial charge in [0.05, 0.1) is 12.7 Å². The van der Waals surface area contributed by atoms with Gasteiger partial charge in [-0.2, -0.15) is 4.31 Å². The highest BCUT2D eigenvalue weighted by atomic mass is 35.5. The molecular weight excluding hydrogens is 324 g/mol. The Morgan fingerprint density at radius 2 is 2.05 bits per heavy atom. The number of nitrogens with zero attached hydrogens (tertiary/aromatic N) is 1. The summed E-state index contributed by atoms with van der Waals surface area (Å²) in [5, 5.41) is 0. The first-order chi connectivity index (χ1) is 9.77. The molecule has 4 nitrogen and oxygen atoms in total. The maximum Gasteiger partial charge on any atom is 0.246 e. The lowest BCUT2D eigenvalue weighted by atomic mass is 10.2. The Morgan fingerprint density at radius 1 is 1.38 bits per heavy atom. The molecule has 1 aromatic carbocycles. The molecule has 2 unspecified atom stereocenters. The number of morpholine rings is 1. The van der Waals surface area contributed by atoms with Crippen LogP contribution >= 0.6 is 11.6 Å². The highest BCUT2D eigenvalue weighted by Crippen LogP contribution is 2.27. The van der Waals surface area contributed by atoms with Crippen molar-refractivity contribution in [2.75, 3.05) is 13.2 Å². The summed E-state index contributed by atoms with van der Waals surface area (Å²) in [7, 11) is -4.15. The van der Waals surface area contributed by atoms with Gasteiger partial charge in [-0.15, -0.1) is 11.6 Å². The van der Waals surface area contributed by atoms with Crippen molar-refractivity contribution in [1.82, 2.24) is 4.31 Å². The van der Waals surface area contributed by atoms with E-state index in [9.17, 15) is 17.2 Å². The third-order valence-electron chi connectivity index (χ3n) is 3.35. The number of hydrogen-bond donors (Lipinski definition) is 0. The summed E-state index contributed by atoms with van der Waals surface area (Å²) < 4.78 is 59.2. The molecule has 1 fully saturated rings. The molecule has 118 valence electrons. The molecule has 0 radical (unpaired) electrons. The van der Waals surface area contributed by atoms with Gasteiger partial charge in [0.1, 0.15) is 4.90 Å². The zero-order valence-corrected chi connectivity index (χ0v) is 13.2. The highest BCUT2D eigenvalue weighted by molar-refractivity contribution is 7.89. The lowest BCUT2D eigenvalue weighted by Crippen LogP contribution is -2.50. The average Bonchev–Trinajstić information content (AvgIpc) is 2.43. The van der Waals surface area contributed by atoms with E-state index in [1.54, 1.807) is 13.8 Å². The van der Waals surface area contributed by atoms with Crippen LogP contribution in [-0.4, -0.2) is 38.0 Å². The van der Waals surface area contributed by atoms with Gasteiger partial charge in [-0.25, -0.2) is 17.2 Å². The smallest absolute Gasteiger partial charge is 0.246 e. The first kappa shape index (κ1) is 16.6. The van der Waals surface area contributed by atoms with Crippen LogP contribution < -0.4 is 0 Å². The Balaban J connectivity index is 2.51. The van der Waals surface area contributed by atoms with E-state index >= 15 is 0 Å². The van der Waals surface area contributed by atoms with E-state index in [0.29, 0.717) is 0 Å². The molecule has 1 aromatic rings. The summed E-state index contributed by atoms with van der Waals surface area (Å²) in [5.41, 5.74) is 0.211. The lowest BCUT2D eigenvalue weighted by Gasteiger charge is -2.35. The second-order valence-electron chi connectivity index (χ2n) is 5.09. The summed E-state index contributed by atoms with van der Waals surface area (Å²) in [6, 6.07) is 1.52. The zero-order valence-electron chi connectivity index (χ0n) is 11.6. The normalized spacial score (nSPS) is 24.2. The Labute approximate surface area is 127 Å². The van der Waals surface area contributed by atoms with Gasteiger partial charge in [0.2, 0.25) is 10.0 Å². The molecule has 0 spiro atoms. The molecule has 0 aliphatic carbocycles. The maximum absolute atomic E-state index is 13.9. The molecule has 2 atom stereocenters. The van der Waals surface area contributed by atoms with Crippen molar-refractivity contribution in [3.8, 4) is 0 Å². The predicted molar refractivity (Wildman–Crippen MR) is 74.7 cm³/mol. The van der Waals surface area contributed by atoms with Crippen molar-refractivity contribution >= 4 is 21.6 Å². The van der Waals surface area contributed by atoms with Crippen molar-refractivity contribution in [1.29, 1.82) is 0 Å². The number of rotatable bonds is 3. The van der Waals surface area contributed by atoms with Crippen LogP contribution in [0.4, 0.5) is 8.78 Å². The van der Waals surface area contributed by atoms with Gasteiger partial charge in [0.15, 0.2) is 11.6 Å². The van der Waals surface area contributed by atoms with Crippen molar-refractivity contribution in [3.63, 3.8) is 0 Å². The van der Waals surface area contributed by atoms with Gasteiger partial charge in [-0.1, -0.05) is 0 Å². The largest absolute Gasteiger partial charge is 0.375 e. The number of benzene rings is 1. The third kappa shape index (κ3) is 3.21. The van der Waals surface area contributed by atoms with Gasteiger partial charge < -0.3 is 4.74 Å². The minimum absolute atomic E-state index is 0.0929. The summed E-state index contributed by atoms with van der Waals surface area (Å²) in [4.78, 5) is -0.681. The van der Waals surface area contributed by atoms with E-state index in [4.69, 9.17) is 16.3 Å². The number of ether oxygens (including phenoxy) is 1. The summed E-state index contributed by atoms with van der Waals surface area (Å²) in [5.74, 6) is -2.70. The van der Waals surface area contributed by atoms with Crippen LogP contribution in [0.15, 0.2) is 17.0 Å². The van der Waals surface area contributed by atoms with Gasteiger partial charge in [0.25, 0.3) is 0 Å². The molecule has 1 heterocycles. The van der Waals surface area contributed by atoms with E-state index in [1.165, 1.54) is 0 Å². The molecule has 8 heteroatoms. The van der Waals surface area contributed by atoms with E-state index in [1.807, 2.05) is 0 Å². The summed E-state index contributed by atoms with van der Waals surface area (Å²) in [6.45, 7) is 3.68. The van der Waals surface area contributed by atoms with Gasteiger partial charge >= 0.3 is 0 Å². The third-order valence-corrected chi connectivity index (χ3v) is 5.63. The first-order valence-electron chi connectivity index (χ1n) is 6.44. The molecule has 0 amide bonds. The zero-order chi connectivity index (χ0) is 15.8. The Kier molecular flexibility index (Phi) is 4.87. The maximum atomic E-state index is 13.9. The monoisotopic (exact) mass is 339 g/mol. The van der Waals surface area contributed by atoms with Gasteiger partial charge in [-0.3, -0.25) is 0 Å². The molecule has 0 aromatic heterocycles. The Hall–Kier alpha value is -0.760. The quantitative estimate of drug-likeness (QED) is 0.795. The first-order valence-corrected chi connectivity index (χ1v) is 8.42. The van der Waals surface area contributed by atoms with E-state index in [2.05, 4.69) is 0 Å². The second-order valence-corrected chi connectivity index (χ2v) is 7.22. The molecule has 0 saturated carbocycles. The Bertz CT molecular complexity index is 639. The standard InChI is InChI=1S/C13H16ClF2NO3S/c1-8-7-20-9(2)6-17(8)21(18,19)12-4-10(5-14)3-11(15)13(12)16/h3-4,8-9H,5-7H2,1-2H3. The molecule has 21 heavy (non-hydrogen) atoms. The van der Waals surface area contributed by atoms with Crippen LogP contribution in [0, 0.1) is 11.6 Å². The fraction of sp³-hybridized carbons (Fsp3) is 0.538. The number of alkyl halides is 1. The van der Waals surface area contributed by atoms with Crippen LogP contribution in [0.3, 0.4) is 0 Å². The molecule has 1 aliphatic heterocycles. The average molecular weight is 340 g/mol. The molecular formula is C13H16ClF2NO3S. The second kappa shape index (κ2) is 6.16. The van der Waals surface area contributed by atoms with Crippen LogP contribution in [0.5, 0.6) is 0 Å². The van der Waals surface area contributed by atoms with Crippen LogP contribution in [0.2, 0.25) is 0 Å². The Morgan fingerprint density at radius 3 is 2.67 bits per heavy atom. The molecule has 0 bridgehead atoms. The van der Waals surface area contributed by atoms with Crippen LogP contribution in [0.25, 0.3) is 0 Å². The molecule has 0 N–H and O–H groups in total. The molecule has 1 saturated heterocycles. The highest BCUT2D eigenvalue weighted by Gasteiger charge is 2.36. The van der Waals surface area contributed by atoms with E-state index in [-0.39, 0.29) is 30.7 Å². The summed E-state index contributed by atoms with van der Waals surface area (Å²) in [6.07, 6.45) is -0.305. The fourth-order valence-corrected chi connectivity index (χ4v) is 4.19. The van der Waals surface area contributed by atoms with Gasteiger partial charge in [0, 0.05) is 18.5 Å². The van der Waals surface area contributed by atoms with E-state index < -0.39 is 32.6 Å². The lowest BCUT2D eigenvalue weighted by molar-refractivity contribution is -0.0171. The van der Waals surface area contributed by atoms with Crippen molar-refractivity contribution < 1.29 is 21.9 Å². The van der Waals surface area contributed by atoms with Crippen LogP contribution in [0.1, 0.15) is 19.4 Å². The summed E-state index contributed by atoms with van der Waals surface area (Å²) >= 11 is 5.59. The van der Waals surface area contributed by atoms with Crippen molar-refractivity contribution in [2.45, 2.75) is 36.8 Å².